The maximum absolute atomic E-state index is 9.10. The van der Waals surface area contributed by atoms with Crippen molar-refractivity contribution in [3.8, 4) is 11.8 Å². The van der Waals surface area contributed by atoms with Crippen molar-refractivity contribution in [1.82, 2.24) is 10.2 Å². The summed E-state index contributed by atoms with van der Waals surface area (Å²) in [6, 6.07) is 8.90. The number of ether oxygens (including phenoxy) is 1. The molecule has 0 amide bonds. The first-order valence-corrected chi connectivity index (χ1v) is 7.82. The van der Waals surface area contributed by atoms with Crippen LogP contribution in [-0.4, -0.2) is 37.7 Å². The third-order valence-corrected chi connectivity index (χ3v) is 4.53. The lowest BCUT2D eigenvalue weighted by molar-refractivity contribution is 0.312. The third-order valence-electron chi connectivity index (χ3n) is 4.53. The van der Waals surface area contributed by atoms with Crippen LogP contribution >= 0.6 is 0 Å². The molecule has 1 N–H and O–H groups in total. The Morgan fingerprint density at radius 2 is 2.24 bits per heavy atom. The lowest BCUT2D eigenvalue weighted by atomic mass is 10.1. The molecule has 0 radical (unpaired) electrons. The Morgan fingerprint density at radius 1 is 1.38 bits per heavy atom. The number of likely N-dealkylation sites (tertiary alicyclic amines) is 1. The smallest absolute Gasteiger partial charge is 0.136 e. The molecule has 0 aromatic heterocycles. The SMILES string of the molecule is COc1ccc(CNCC2CCN(C3CC3)C2)cc1C#N. The number of hydrogen-bond donors (Lipinski definition) is 1. The van der Waals surface area contributed by atoms with Crippen LogP contribution < -0.4 is 10.1 Å². The quantitative estimate of drug-likeness (QED) is 0.870. The van der Waals surface area contributed by atoms with Gasteiger partial charge in [0.05, 0.1) is 12.7 Å². The van der Waals surface area contributed by atoms with E-state index in [1.807, 2.05) is 18.2 Å². The molecular weight excluding hydrogens is 262 g/mol. The molecule has 2 aliphatic rings. The fourth-order valence-corrected chi connectivity index (χ4v) is 3.17. The van der Waals surface area contributed by atoms with Gasteiger partial charge in [-0.05, 0) is 56.0 Å². The highest BCUT2D eigenvalue weighted by molar-refractivity contribution is 5.45. The molecule has 1 saturated carbocycles. The van der Waals surface area contributed by atoms with Gasteiger partial charge in [0, 0.05) is 19.1 Å². The molecule has 4 nitrogen and oxygen atoms in total. The van der Waals surface area contributed by atoms with Gasteiger partial charge < -0.3 is 15.0 Å². The molecule has 1 aromatic carbocycles. The topological polar surface area (TPSA) is 48.3 Å². The van der Waals surface area contributed by atoms with E-state index in [1.165, 1.54) is 32.4 Å². The van der Waals surface area contributed by atoms with Crippen LogP contribution in [0.2, 0.25) is 0 Å². The Kier molecular flexibility index (Phi) is 4.42. The summed E-state index contributed by atoms with van der Waals surface area (Å²) in [4.78, 5) is 2.65. The summed E-state index contributed by atoms with van der Waals surface area (Å²) in [5.41, 5.74) is 1.75. The first kappa shape index (κ1) is 14.4. The number of hydrogen-bond acceptors (Lipinski definition) is 4. The van der Waals surface area contributed by atoms with Crippen molar-refractivity contribution in [3.05, 3.63) is 29.3 Å². The van der Waals surface area contributed by atoms with E-state index in [-0.39, 0.29) is 0 Å². The highest BCUT2D eigenvalue weighted by atomic mass is 16.5. The van der Waals surface area contributed by atoms with Gasteiger partial charge in [-0.15, -0.1) is 0 Å². The minimum Gasteiger partial charge on any atom is -0.495 e. The molecule has 2 fully saturated rings. The predicted molar refractivity (Wildman–Crippen MR) is 82.1 cm³/mol. The van der Waals surface area contributed by atoms with E-state index in [2.05, 4.69) is 16.3 Å². The highest BCUT2D eigenvalue weighted by Crippen LogP contribution is 2.31. The molecule has 1 unspecified atom stereocenters. The van der Waals surface area contributed by atoms with Crippen molar-refractivity contribution in [2.45, 2.75) is 31.8 Å². The standard InChI is InChI=1S/C17H23N3O/c1-21-17-5-2-13(8-15(17)9-18)10-19-11-14-6-7-20(12-14)16-3-4-16/h2,5,8,14,16,19H,3-4,6-7,10-12H2,1H3. The zero-order valence-electron chi connectivity index (χ0n) is 12.6. The van der Waals surface area contributed by atoms with Gasteiger partial charge in [-0.25, -0.2) is 0 Å². The number of rotatable bonds is 6. The minimum absolute atomic E-state index is 0.609. The predicted octanol–water partition coefficient (Wildman–Crippen LogP) is 2.14. The van der Waals surface area contributed by atoms with Gasteiger partial charge in [-0.1, -0.05) is 6.07 Å². The highest BCUT2D eigenvalue weighted by Gasteiger charge is 2.33. The number of nitriles is 1. The average Bonchev–Trinajstić information content (AvgIpc) is 3.27. The zero-order valence-corrected chi connectivity index (χ0v) is 12.6. The molecule has 1 atom stereocenters. The van der Waals surface area contributed by atoms with Crippen LogP contribution in [-0.2, 0) is 6.54 Å². The second-order valence-corrected chi connectivity index (χ2v) is 6.16. The van der Waals surface area contributed by atoms with Gasteiger partial charge in [-0.3, -0.25) is 0 Å². The number of nitrogens with zero attached hydrogens (tertiary/aromatic N) is 2. The van der Waals surface area contributed by atoms with Crippen molar-refractivity contribution in [1.29, 1.82) is 5.26 Å². The van der Waals surface area contributed by atoms with Crippen molar-refractivity contribution < 1.29 is 4.74 Å². The number of benzene rings is 1. The fourth-order valence-electron chi connectivity index (χ4n) is 3.17. The molecule has 1 saturated heterocycles. The fraction of sp³-hybridized carbons (Fsp3) is 0.588. The Morgan fingerprint density at radius 3 is 2.95 bits per heavy atom. The molecule has 1 aromatic rings. The monoisotopic (exact) mass is 285 g/mol. The summed E-state index contributed by atoms with van der Waals surface area (Å²) in [5, 5.41) is 12.6. The Labute approximate surface area is 126 Å². The molecule has 1 aliphatic carbocycles. The summed E-state index contributed by atoms with van der Waals surface area (Å²) < 4.78 is 5.17. The maximum atomic E-state index is 9.10. The molecular formula is C17H23N3O. The first-order valence-electron chi connectivity index (χ1n) is 7.82. The van der Waals surface area contributed by atoms with E-state index in [0.717, 1.165) is 30.6 Å². The van der Waals surface area contributed by atoms with Gasteiger partial charge in [0.25, 0.3) is 0 Å². The number of nitrogens with one attached hydrogen (secondary N) is 1. The van der Waals surface area contributed by atoms with Crippen molar-refractivity contribution >= 4 is 0 Å². The first-order chi connectivity index (χ1) is 10.3. The molecule has 112 valence electrons. The maximum Gasteiger partial charge on any atom is 0.136 e. The van der Waals surface area contributed by atoms with Gasteiger partial charge in [0.2, 0.25) is 0 Å². The summed E-state index contributed by atoms with van der Waals surface area (Å²) in [7, 11) is 1.60. The minimum atomic E-state index is 0.609. The molecule has 0 bridgehead atoms. The largest absolute Gasteiger partial charge is 0.495 e. The Balaban J connectivity index is 1.46. The van der Waals surface area contributed by atoms with Crippen molar-refractivity contribution in [2.75, 3.05) is 26.7 Å². The second-order valence-electron chi connectivity index (χ2n) is 6.16. The van der Waals surface area contributed by atoms with Crippen LogP contribution in [0.4, 0.5) is 0 Å². The lowest BCUT2D eigenvalue weighted by Crippen LogP contribution is -2.27. The van der Waals surface area contributed by atoms with Gasteiger partial charge in [0.15, 0.2) is 0 Å². The van der Waals surface area contributed by atoms with E-state index in [4.69, 9.17) is 10.00 Å². The molecule has 1 heterocycles. The molecule has 4 heteroatoms. The van der Waals surface area contributed by atoms with Crippen LogP contribution in [0.5, 0.6) is 5.75 Å². The van der Waals surface area contributed by atoms with Gasteiger partial charge >= 0.3 is 0 Å². The van der Waals surface area contributed by atoms with E-state index in [9.17, 15) is 0 Å². The summed E-state index contributed by atoms with van der Waals surface area (Å²) in [6.07, 6.45) is 4.13. The number of methoxy groups -OCH3 is 1. The van der Waals surface area contributed by atoms with E-state index in [1.54, 1.807) is 7.11 Å². The van der Waals surface area contributed by atoms with E-state index < -0.39 is 0 Å². The molecule has 0 spiro atoms. The van der Waals surface area contributed by atoms with Gasteiger partial charge in [0.1, 0.15) is 11.8 Å². The second kappa shape index (κ2) is 6.46. The third kappa shape index (κ3) is 3.55. The molecule has 3 rings (SSSR count). The van der Waals surface area contributed by atoms with Gasteiger partial charge in [-0.2, -0.15) is 5.26 Å². The molecule has 1 aliphatic heterocycles. The Bertz CT molecular complexity index is 533. The van der Waals surface area contributed by atoms with Crippen LogP contribution in [0, 0.1) is 17.2 Å². The Hall–Kier alpha value is -1.57. The zero-order chi connectivity index (χ0) is 14.7. The van der Waals surface area contributed by atoms with Crippen LogP contribution in [0.15, 0.2) is 18.2 Å². The molecule has 21 heavy (non-hydrogen) atoms. The summed E-state index contributed by atoms with van der Waals surface area (Å²) in [6.45, 7) is 4.41. The van der Waals surface area contributed by atoms with Crippen molar-refractivity contribution in [2.24, 2.45) is 5.92 Å². The van der Waals surface area contributed by atoms with Crippen LogP contribution in [0.1, 0.15) is 30.4 Å². The lowest BCUT2D eigenvalue weighted by Gasteiger charge is -2.15. The van der Waals surface area contributed by atoms with Crippen LogP contribution in [0.3, 0.4) is 0 Å². The van der Waals surface area contributed by atoms with E-state index >= 15 is 0 Å². The summed E-state index contributed by atoms with van der Waals surface area (Å²) >= 11 is 0. The normalized spacial score (nSPS) is 22.2. The van der Waals surface area contributed by atoms with E-state index in [0.29, 0.717) is 11.3 Å². The van der Waals surface area contributed by atoms with Crippen LogP contribution in [0.25, 0.3) is 0 Å². The van der Waals surface area contributed by atoms with Crippen molar-refractivity contribution in [3.63, 3.8) is 0 Å². The average molecular weight is 285 g/mol. The summed E-state index contributed by atoms with van der Waals surface area (Å²) in [5.74, 6) is 1.43.